The third-order valence-electron chi connectivity index (χ3n) is 4.63. The number of H-pyrrole nitrogens is 1. The lowest BCUT2D eigenvalue weighted by Gasteiger charge is -2.27. The van der Waals surface area contributed by atoms with E-state index in [4.69, 9.17) is 5.73 Å². The van der Waals surface area contributed by atoms with Crippen molar-refractivity contribution >= 4 is 5.69 Å². The molecule has 3 aromatic rings. The molecule has 0 fully saturated rings. The number of nitrogens with two attached hydrogens (primary N) is 1. The summed E-state index contributed by atoms with van der Waals surface area (Å²) in [7, 11) is 0. The van der Waals surface area contributed by atoms with E-state index < -0.39 is 0 Å². The summed E-state index contributed by atoms with van der Waals surface area (Å²) in [4.78, 5) is 22.2. The number of nitrogen functional groups attached to an aromatic ring is 1. The van der Waals surface area contributed by atoms with E-state index in [1.165, 1.54) is 6.07 Å². The minimum atomic E-state index is -0.236. The molecule has 1 aromatic heterocycles. The Morgan fingerprint density at radius 2 is 2.00 bits per heavy atom. The summed E-state index contributed by atoms with van der Waals surface area (Å²) in [5, 5.41) is 0. The van der Waals surface area contributed by atoms with Gasteiger partial charge in [-0.15, -0.1) is 0 Å². The van der Waals surface area contributed by atoms with Gasteiger partial charge in [0.15, 0.2) is 0 Å². The van der Waals surface area contributed by atoms with Crippen LogP contribution in [0.25, 0.3) is 11.4 Å². The Morgan fingerprint density at radius 1 is 1.19 bits per heavy atom. The lowest BCUT2D eigenvalue weighted by molar-refractivity contribution is 0.240. The van der Waals surface area contributed by atoms with Crippen molar-refractivity contribution in [2.75, 3.05) is 12.3 Å². The van der Waals surface area contributed by atoms with E-state index in [2.05, 4.69) is 14.9 Å². The van der Waals surface area contributed by atoms with Crippen molar-refractivity contribution in [1.29, 1.82) is 0 Å². The number of hydrogen-bond acceptors (Lipinski definition) is 4. The fourth-order valence-electron chi connectivity index (χ4n) is 3.30. The summed E-state index contributed by atoms with van der Waals surface area (Å²) >= 11 is 0. The van der Waals surface area contributed by atoms with Crippen LogP contribution in [0.3, 0.4) is 0 Å². The van der Waals surface area contributed by atoms with E-state index in [1.807, 2.05) is 18.2 Å². The number of nitrogens with one attached hydrogen (secondary N) is 1. The van der Waals surface area contributed by atoms with Crippen molar-refractivity contribution in [2.24, 2.45) is 0 Å². The van der Waals surface area contributed by atoms with Gasteiger partial charge in [-0.25, -0.2) is 9.37 Å². The van der Waals surface area contributed by atoms with Gasteiger partial charge >= 0.3 is 0 Å². The second-order valence-electron chi connectivity index (χ2n) is 6.55. The van der Waals surface area contributed by atoms with Gasteiger partial charge in [0.05, 0.1) is 5.69 Å². The molecule has 5 nitrogen and oxygen atoms in total. The number of rotatable bonds is 3. The third kappa shape index (κ3) is 3.36. The first-order valence-electron chi connectivity index (χ1n) is 8.53. The molecule has 0 radical (unpaired) electrons. The van der Waals surface area contributed by atoms with Crippen LogP contribution in [-0.2, 0) is 19.5 Å². The van der Waals surface area contributed by atoms with Crippen molar-refractivity contribution in [3.8, 4) is 11.4 Å². The first-order chi connectivity index (χ1) is 12.6. The van der Waals surface area contributed by atoms with E-state index in [-0.39, 0.29) is 11.4 Å². The monoisotopic (exact) mass is 350 g/mol. The van der Waals surface area contributed by atoms with Gasteiger partial charge in [-0.05, 0) is 48.4 Å². The molecule has 0 amide bonds. The summed E-state index contributed by atoms with van der Waals surface area (Å²) in [6.45, 7) is 1.94. The molecule has 132 valence electrons. The van der Waals surface area contributed by atoms with Crippen LogP contribution in [0.15, 0.2) is 53.3 Å². The highest BCUT2D eigenvalue weighted by Crippen LogP contribution is 2.21. The fourth-order valence-corrected chi connectivity index (χ4v) is 3.30. The molecule has 6 heteroatoms. The number of hydrogen-bond donors (Lipinski definition) is 2. The number of halogens is 1. The molecule has 26 heavy (non-hydrogen) atoms. The van der Waals surface area contributed by atoms with Crippen LogP contribution in [0.4, 0.5) is 10.1 Å². The average molecular weight is 350 g/mol. The molecule has 0 aliphatic carbocycles. The first kappa shape index (κ1) is 16.5. The molecule has 2 heterocycles. The Hall–Kier alpha value is -2.99. The summed E-state index contributed by atoms with van der Waals surface area (Å²) in [5.41, 5.74) is 9.54. The minimum Gasteiger partial charge on any atom is -0.399 e. The molecule has 0 bridgehead atoms. The summed E-state index contributed by atoms with van der Waals surface area (Å²) < 4.78 is 13.4. The summed E-state index contributed by atoms with van der Waals surface area (Å²) in [6, 6.07) is 13.8. The predicted octanol–water partition coefficient (Wildman–Crippen LogP) is 2.72. The van der Waals surface area contributed by atoms with Crippen LogP contribution < -0.4 is 11.3 Å². The number of fused-ring (bicyclic) bond motifs is 1. The van der Waals surface area contributed by atoms with Crippen LogP contribution >= 0.6 is 0 Å². The summed E-state index contributed by atoms with van der Waals surface area (Å²) in [5.74, 6) is 0.307. The maximum Gasteiger partial charge on any atom is 0.254 e. The van der Waals surface area contributed by atoms with Gasteiger partial charge in [0.25, 0.3) is 5.56 Å². The maximum atomic E-state index is 13.4. The molecule has 0 atom stereocenters. The van der Waals surface area contributed by atoms with Crippen molar-refractivity contribution in [3.05, 3.63) is 81.5 Å². The molecule has 0 saturated heterocycles. The molecule has 0 spiro atoms. The quantitative estimate of drug-likeness (QED) is 0.712. The lowest BCUT2D eigenvalue weighted by atomic mass is 10.0. The van der Waals surface area contributed by atoms with Gasteiger partial charge in [0.1, 0.15) is 11.6 Å². The molecule has 3 N–H and O–H groups in total. The van der Waals surface area contributed by atoms with Crippen LogP contribution in [0.1, 0.15) is 16.8 Å². The van der Waals surface area contributed by atoms with Gasteiger partial charge in [-0.3, -0.25) is 9.69 Å². The normalized spacial score (nSPS) is 14.2. The van der Waals surface area contributed by atoms with E-state index in [9.17, 15) is 9.18 Å². The van der Waals surface area contributed by atoms with Crippen molar-refractivity contribution in [1.82, 2.24) is 14.9 Å². The SMILES string of the molecule is Nc1ccc(-c2nc3c(c(=O)[nH]2)CCN(Cc2cccc(F)c2)C3)cc1. The largest absolute Gasteiger partial charge is 0.399 e. The zero-order valence-corrected chi connectivity index (χ0v) is 14.2. The zero-order valence-electron chi connectivity index (χ0n) is 14.2. The Kier molecular flexibility index (Phi) is 4.26. The smallest absolute Gasteiger partial charge is 0.254 e. The maximum absolute atomic E-state index is 13.4. The highest BCUT2D eigenvalue weighted by Gasteiger charge is 2.21. The fraction of sp³-hybridized carbons (Fsp3) is 0.200. The molecule has 0 saturated carbocycles. The van der Waals surface area contributed by atoms with Gasteiger partial charge in [-0.1, -0.05) is 12.1 Å². The predicted molar refractivity (Wildman–Crippen MR) is 98.9 cm³/mol. The van der Waals surface area contributed by atoms with Crippen molar-refractivity contribution in [3.63, 3.8) is 0 Å². The first-order valence-corrected chi connectivity index (χ1v) is 8.53. The van der Waals surface area contributed by atoms with Crippen LogP contribution in [0.2, 0.25) is 0 Å². The van der Waals surface area contributed by atoms with E-state index >= 15 is 0 Å². The molecule has 1 aliphatic heterocycles. The van der Waals surface area contributed by atoms with Crippen LogP contribution in [0.5, 0.6) is 0 Å². The van der Waals surface area contributed by atoms with Crippen molar-refractivity contribution in [2.45, 2.75) is 19.5 Å². The second-order valence-corrected chi connectivity index (χ2v) is 6.55. The standard InChI is InChI=1S/C20H19FN4O/c21-15-3-1-2-13(10-15)11-25-9-8-17-18(12-25)23-19(24-20(17)26)14-4-6-16(22)7-5-14/h1-7,10H,8-9,11-12,22H2,(H,23,24,26). The third-order valence-corrected chi connectivity index (χ3v) is 4.63. The van der Waals surface area contributed by atoms with Gasteiger partial charge < -0.3 is 10.7 Å². The summed E-state index contributed by atoms with van der Waals surface area (Å²) in [6.07, 6.45) is 0.634. The molecule has 1 aliphatic rings. The number of aromatic amines is 1. The highest BCUT2D eigenvalue weighted by atomic mass is 19.1. The number of aromatic nitrogens is 2. The van der Waals surface area contributed by atoms with Crippen LogP contribution in [-0.4, -0.2) is 21.4 Å². The molecule has 0 unspecified atom stereocenters. The van der Waals surface area contributed by atoms with Gasteiger partial charge in [0, 0.05) is 36.4 Å². The zero-order chi connectivity index (χ0) is 18.1. The van der Waals surface area contributed by atoms with Gasteiger partial charge in [-0.2, -0.15) is 0 Å². The number of anilines is 1. The second kappa shape index (κ2) is 6.72. The Morgan fingerprint density at radius 3 is 2.77 bits per heavy atom. The van der Waals surface area contributed by atoms with Gasteiger partial charge in [0.2, 0.25) is 0 Å². The molecule has 2 aromatic carbocycles. The Labute approximate surface area is 150 Å². The molecule has 4 rings (SSSR count). The molecular weight excluding hydrogens is 331 g/mol. The number of nitrogens with zero attached hydrogens (tertiary/aromatic N) is 2. The van der Waals surface area contributed by atoms with E-state index in [1.54, 1.807) is 24.3 Å². The Balaban J connectivity index is 1.61. The van der Waals surface area contributed by atoms with Crippen molar-refractivity contribution < 1.29 is 4.39 Å². The van der Waals surface area contributed by atoms with E-state index in [0.29, 0.717) is 31.0 Å². The van der Waals surface area contributed by atoms with E-state index in [0.717, 1.165) is 28.9 Å². The lowest BCUT2D eigenvalue weighted by Crippen LogP contribution is -2.35. The topological polar surface area (TPSA) is 75.0 Å². The minimum absolute atomic E-state index is 0.0905. The molecular formula is C20H19FN4O. The average Bonchev–Trinajstić information content (AvgIpc) is 2.62. The highest BCUT2D eigenvalue weighted by molar-refractivity contribution is 5.58. The Bertz CT molecular complexity index is 997. The van der Waals surface area contributed by atoms with Crippen LogP contribution in [0, 0.1) is 5.82 Å². The number of benzene rings is 2.